The lowest BCUT2D eigenvalue weighted by Gasteiger charge is -2.11. The van der Waals surface area contributed by atoms with Gasteiger partial charge in [-0.2, -0.15) is 0 Å². The van der Waals surface area contributed by atoms with Crippen LogP contribution >= 0.6 is 0 Å². The fourth-order valence-corrected chi connectivity index (χ4v) is 2.32. The highest BCUT2D eigenvalue weighted by atomic mass is 16.5. The minimum Gasteiger partial charge on any atom is -0.491 e. The first kappa shape index (κ1) is 19.0. The van der Waals surface area contributed by atoms with Crippen LogP contribution in [-0.2, 0) is 11.2 Å². The maximum atomic E-state index is 8.62. The second-order valence-corrected chi connectivity index (χ2v) is 5.92. The number of nitrogens with zero attached hydrogens (tertiary/aromatic N) is 1. The van der Waals surface area contributed by atoms with E-state index < -0.39 is 0 Å². The Labute approximate surface area is 150 Å². The number of aliphatic hydroxyl groups is 1. The van der Waals surface area contributed by atoms with Gasteiger partial charge in [-0.25, -0.2) is 0 Å². The van der Waals surface area contributed by atoms with Crippen molar-refractivity contribution < 1.29 is 14.6 Å². The molecule has 0 bridgehead atoms. The van der Waals surface area contributed by atoms with Crippen LogP contribution in [0.1, 0.15) is 11.1 Å². The fraction of sp³-hybridized carbons (Fsp3) is 0.333. The van der Waals surface area contributed by atoms with Gasteiger partial charge in [0.05, 0.1) is 19.8 Å². The Bertz CT molecular complexity index is 633. The van der Waals surface area contributed by atoms with E-state index in [4.69, 9.17) is 14.6 Å². The van der Waals surface area contributed by atoms with Crippen molar-refractivity contribution in [3.05, 3.63) is 65.7 Å². The molecule has 2 rings (SSSR count). The second kappa shape index (κ2) is 10.5. The third-order valence-electron chi connectivity index (χ3n) is 3.73. The highest BCUT2D eigenvalue weighted by Crippen LogP contribution is 2.15. The first-order valence-electron chi connectivity index (χ1n) is 8.53. The molecular formula is C21H27NO3. The van der Waals surface area contributed by atoms with Crippen molar-refractivity contribution in [2.45, 2.75) is 6.42 Å². The summed E-state index contributed by atoms with van der Waals surface area (Å²) in [4.78, 5) is 2.09. The van der Waals surface area contributed by atoms with Crippen molar-refractivity contribution in [2.24, 2.45) is 0 Å². The van der Waals surface area contributed by atoms with E-state index in [-0.39, 0.29) is 6.61 Å². The zero-order valence-electron chi connectivity index (χ0n) is 15.0. The van der Waals surface area contributed by atoms with Gasteiger partial charge in [0, 0.05) is 19.8 Å². The molecule has 0 aliphatic rings. The van der Waals surface area contributed by atoms with Gasteiger partial charge >= 0.3 is 0 Å². The van der Waals surface area contributed by atoms with Crippen LogP contribution in [0.4, 0.5) is 5.69 Å². The lowest BCUT2D eigenvalue weighted by molar-refractivity contribution is 0.0705. The summed E-state index contributed by atoms with van der Waals surface area (Å²) in [5.74, 6) is 0.833. The Morgan fingerprint density at radius 2 is 1.64 bits per heavy atom. The summed E-state index contributed by atoms with van der Waals surface area (Å²) in [5.41, 5.74) is 3.65. The predicted octanol–water partition coefficient (Wildman–Crippen LogP) is 3.40. The molecule has 0 fully saturated rings. The molecule has 0 unspecified atom stereocenters. The van der Waals surface area contributed by atoms with Gasteiger partial charge in [-0.15, -0.1) is 0 Å². The van der Waals surface area contributed by atoms with Crippen molar-refractivity contribution >= 4 is 11.8 Å². The molecule has 0 aliphatic carbocycles. The lowest BCUT2D eigenvalue weighted by Crippen LogP contribution is -2.09. The van der Waals surface area contributed by atoms with E-state index in [2.05, 4.69) is 53.5 Å². The number of rotatable bonds is 10. The van der Waals surface area contributed by atoms with E-state index in [1.54, 1.807) is 0 Å². The normalized spacial score (nSPS) is 11.0. The summed E-state index contributed by atoms with van der Waals surface area (Å²) >= 11 is 0. The number of hydrogen-bond donors (Lipinski definition) is 1. The molecule has 4 heteroatoms. The Morgan fingerprint density at radius 1 is 0.920 bits per heavy atom. The molecule has 0 aliphatic heterocycles. The molecule has 0 spiro atoms. The molecule has 4 nitrogen and oxygen atoms in total. The van der Waals surface area contributed by atoms with Crippen LogP contribution in [0.15, 0.2) is 54.6 Å². The Balaban J connectivity index is 1.76. The summed E-state index contributed by atoms with van der Waals surface area (Å²) in [6.07, 6.45) is 5.20. The number of anilines is 1. The van der Waals surface area contributed by atoms with E-state index in [9.17, 15) is 0 Å². The summed E-state index contributed by atoms with van der Waals surface area (Å²) in [5, 5.41) is 8.62. The SMILES string of the molecule is CN(C)c1ccc(/C=C/Cc2ccc(OCCOCCO)cc2)cc1. The molecule has 0 aromatic heterocycles. The van der Waals surface area contributed by atoms with Crippen molar-refractivity contribution in [2.75, 3.05) is 45.4 Å². The second-order valence-electron chi connectivity index (χ2n) is 5.92. The van der Waals surface area contributed by atoms with Crippen LogP contribution in [0, 0.1) is 0 Å². The molecule has 0 atom stereocenters. The van der Waals surface area contributed by atoms with E-state index in [1.807, 2.05) is 26.2 Å². The van der Waals surface area contributed by atoms with Gasteiger partial charge < -0.3 is 19.5 Å². The van der Waals surface area contributed by atoms with E-state index in [1.165, 1.54) is 16.8 Å². The van der Waals surface area contributed by atoms with Crippen LogP contribution in [-0.4, -0.2) is 45.6 Å². The minimum atomic E-state index is 0.0437. The number of hydrogen-bond acceptors (Lipinski definition) is 4. The van der Waals surface area contributed by atoms with Crippen LogP contribution in [0.3, 0.4) is 0 Å². The molecular weight excluding hydrogens is 314 g/mol. The summed E-state index contributed by atoms with van der Waals surface area (Å²) in [6, 6.07) is 16.6. The molecule has 134 valence electrons. The first-order chi connectivity index (χ1) is 12.2. The Morgan fingerprint density at radius 3 is 2.28 bits per heavy atom. The molecule has 2 aromatic carbocycles. The monoisotopic (exact) mass is 341 g/mol. The van der Waals surface area contributed by atoms with Gasteiger partial charge in [0.15, 0.2) is 0 Å². The zero-order valence-corrected chi connectivity index (χ0v) is 15.0. The van der Waals surface area contributed by atoms with Crippen molar-refractivity contribution in [1.82, 2.24) is 0 Å². The molecule has 1 N–H and O–H groups in total. The van der Waals surface area contributed by atoms with Gasteiger partial charge in [-0.1, -0.05) is 36.4 Å². The predicted molar refractivity (Wildman–Crippen MR) is 103 cm³/mol. The molecule has 0 saturated carbocycles. The summed E-state index contributed by atoms with van der Waals surface area (Å²) < 4.78 is 10.7. The van der Waals surface area contributed by atoms with E-state index in [0.29, 0.717) is 19.8 Å². The highest BCUT2D eigenvalue weighted by Gasteiger charge is 1.96. The largest absolute Gasteiger partial charge is 0.491 e. The summed E-state index contributed by atoms with van der Waals surface area (Å²) in [7, 11) is 4.08. The number of allylic oxidation sites excluding steroid dienone is 1. The van der Waals surface area contributed by atoms with E-state index >= 15 is 0 Å². The smallest absolute Gasteiger partial charge is 0.119 e. The third-order valence-corrected chi connectivity index (χ3v) is 3.73. The number of aliphatic hydroxyl groups excluding tert-OH is 1. The fourth-order valence-electron chi connectivity index (χ4n) is 2.32. The standard InChI is InChI=1S/C21H27NO3/c1-22(2)20-10-6-18(7-11-20)4-3-5-19-8-12-21(13-9-19)25-17-16-24-15-14-23/h3-4,6-13,23H,5,14-17H2,1-2H3/b4-3+. The van der Waals surface area contributed by atoms with Crippen LogP contribution in [0.2, 0.25) is 0 Å². The lowest BCUT2D eigenvalue weighted by atomic mass is 10.1. The van der Waals surface area contributed by atoms with Crippen molar-refractivity contribution in [3.8, 4) is 5.75 Å². The van der Waals surface area contributed by atoms with Crippen molar-refractivity contribution in [3.63, 3.8) is 0 Å². The molecule has 0 radical (unpaired) electrons. The maximum absolute atomic E-state index is 8.62. The summed E-state index contributed by atoms with van der Waals surface area (Å²) in [6.45, 7) is 1.37. The average Bonchev–Trinajstić information content (AvgIpc) is 2.63. The molecule has 0 heterocycles. The molecule has 2 aromatic rings. The maximum Gasteiger partial charge on any atom is 0.119 e. The van der Waals surface area contributed by atoms with Gasteiger partial charge in [0.1, 0.15) is 12.4 Å². The third kappa shape index (κ3) is 6.99. The van der Waals surface area contributed by atoms with Gasteiger partial charge in [-0.3, -0.25) is 0 Å². The van der Waals surface area contributed by atoms with Crippen LogP contribution in [0.5, 0.6) is 5.75 Å². The Kier molecular flexibility index (Phi) is 8.02. The van der Waals surface area contributed by atoms with Gasteiger partial charge in [0.2, 0.25) is 0 Å². The Hall–Kier alpha value is -2.30. The van der Waals surface area contributed by atoms with Gasteiger partial charge in [0.25, 0.3) is 0 Å². The average molecular weight is 341 g/mol. The number of ether oxygens (including phenoxy) is 2. The first-order valence-corrected chi connectivity index (χ1v) is 8.53. The van der Waals surface area contributed by atoms with E-state index in [0.717, 1.165) is 12.2 Å². The quantitative estimate of drug-likeness (QED) is 0.673. The van der Waals surface area contributed by atoms with Crippen LogP contribution in [0.25, 0.3) is 6.08 Å². The molecule has 0 amide bonds. The minimum absolute atomic E-state index is 0.0437. The highest BCUT2D eigenvalue weighted by molar-refractivity contribution is 5.55. The van der Waals surface area contributed by atoms with Gasteiger partial charge in [-0.05, 0) is 41.8 Å². The molecule has 0 saturated heterocycles. The number of benzene rings is 2. The topological polar surface area (TPSA) is 41.9 Å². The molecule has 25 heavy (non-hydrogen) atoms. The zero-order chi connectivity index (χ0) is 17.9. The van der Waals surface area contributed by atoms with Crippen molar-refractivity contribution in [1.29, 1.82) is 0 Å². The van der Waals surface area contributed by atoms with Crippen LogP contribution < -0.4 is 9.64 Å².